The fraction of sp³-hybridized carbons (Fsp3) is 0.238. The molecule has 11 nitrogen and oxygen atoms in total. The average molecular weight is 500 g/mol. The molecule has 0 aliphatic rings. The molecule has 0 bridgehead atoms. The molecule has 0 aliphatic heterocycles. The third kappa shape index (κ3) is 5.26. The molecular formula is C21H21N7O4S2. The van der Waals surface area contributed by atoms with Crippen LogP contribution < -0.4 is 21.9 Å². The van der Waals surface area contributed by atoms with E-state index in [1.54, 1.807) is 0 Å². The summed E-state index contributed by atoms with van der Waals surface area (Å²) in [5.41, 5.74) is 6.30. The van der Waals surface area contributed by atoms with Crippen molar-refractivity contribution in [3.63, 3.8) is 0 Å². The Balaban J connectivity index is 1.46. The number of carbonyl (C=O) groups excluding carboxylic acids is 1. The molecule has 1 aromatic carbocycles. The molecule has 0 unspecified atom stereocenters. The molecule has 3 N–H and O–H groups in total. The van der Waals surface area contributed by atoms with Gasteiger partial charge in [0.05, 0.1) is 29.4 Å². The maximum atomic E-state index is 12.8. The Morgan fingerprint density at radius 2 is 2.03 bits per heavy atom. The second-order valence-electron chi connectivity index (χ2n) is 7.30. The first-order valence-electron chi connectivity index (χ1n) is 10.1. The van der Waals surface area contributed by atoms with Crippen LogP contribution in [-0.4, -0.2) is 43.4 Å². The number of nitrogens with zero attached hydrogens (tertiary/aromatic N) is 5. The number of nitrogens with one attached hydrogen (secondary N) is 1. The summed E-state index contributed by atoms with van der Waals surface area (Å²) in [4.78, 5) is 45.3. The van der Waals surface area contributed by atoms with Gasteiger partial charge in [-0.3, -0.25) is 19.1 Å². The molecule has 0 fully saturated rings. The van der Waals surface area contributed by atoms with Crippen LogP contribution in [0.2, 0.25) is 0 Å². The molecule has 0 radical (unpaired) electrons. The molecular weight excluding hydrogens is 478 g/mol. The summed E-state index contributed by atoms with van der Waals surface area (Å²) in [5, 5.41) is 11.0. The molecule has 176 valence electrons. The first-order valence-corrected chi connectivity index (χ1v) is 12.0. The van der Waals surface area contributed by atoms with Gasteiger partial charge in [0, 0.05) is 12.4 Å². The second-order valence-corrected chi connectivity index (χ2v) is 9.29. The van der Waals surface area contributed by atoms with E-state index in [1.807, 2.05) is 42.6 Å². The molecule has 3 heterocycles. The minimum atomic E-state index is -0.744. The fourth-order valence-electron chi connectivity index (χ4n) is 3.18. The third-order valence-corrected chi connectivity index (χ3v) is 6.50. The van der Waals surface area contributed by atoms with E-state index in [0.29, 0.717) is 12.3 Å². The van der Waals surface area contributed by atoms with E-state index < -0.39 is 17.2 Å². The number of aromatic amines is 1. The summed E-state index contributed by atoms with van der Waals surface area (Å²) >= 11 is 2.57. The van der Waals surface area contributed by atoms with Gasteiger partial charge < -0.3 is 15.1 Å². The highest BCUT2D eigenvalue weighted by Gasteiger charge is 2.22. The van der Waals surface area contributed by atoms with Gasteiger partial charge in [-0.2, -0.15) is 0 Å². The zero-order valence-corrected chi connectivity index (χ0v) is 20.0. The van der Waals surface area contributed by atoms with Crippen molar-refractivity contribution < 1.29 is 9.21 Å². The largest absolute Gasteiger partial charge is 0.416 e. The lowest BCUT2D eigenvalue weighted by Crippen LogP contribution is -2.40. The number of amides is 1. The van der Waals surface area contributed by atoms with Crippen molar-refractivity contribution in [2.45, 2.75) is 25.1 Å². The molecule has 0 saturated carbocycles. The number of nitrogens with two attached hydrogens (primary N) is 1. The SMILES string of the molecule is Cc1nc(Cc2nnc(SCC(=O)N(C)c3c(N)n(Cc4ccccc4)c(=O)[nH]c3=O)o2)cs1. The van der Waals surface area contributed by atoms with Crippen molar-refractivity contribution >= 4 is 40.5 Å². The standard InChI is InChI=1S/C21H21N7O4S2/c1-12-23-14(10-33-12)8-15-25-26-21(32-15)34-11-16(29)27(2)17-18(22)28(20(31)24-19(17)30)9-13-6-4-3-5-7-13/h3-7,10H,8-9,11,22H2,1-2H3,(H,24,30,31). The van der Waals surface area contributed by atoms with Crippen LogP contribution in [0.15, 0.2) is 54.9 Å². The highest BCUT2D eigenvalue weighted by atomic mass is 32.2. The van der Waals surface area contributed by atoms with Gasteiger partial charge in [0.1, 0.15) is 5.82 Å². The van der Waals surface area contributed by atoms with E-state index in [4.69, 9.17) is 10.2 Å². The van der Waals surface area contributed by atoms with E-state index in [1.165, 1.54) is 23.0 Å². The summed E-state index contributed by atoms with van der Waals surface area (Å²) in [5.74, 6) is -0.216. The van der Waals surface area contributed by atoms with Gasteiger partial charge in [0.25, 0.3) is 10.8 Å². The van der Waals surface area contributed by atoms with Gasteiger partial charge in [-0.15, -0.1) is 21.5 Å². The van der Waals surface area contributed by atoms with Gasteiger partial charge in [0.2, 0.25) is 11.8 Å². The number of hydrogen-bond acceptors (Lipinski definition) is 10. The van der Waals surface area contributed by atoms with Crippen LogP contribution in [-0.2, 0) is 17.8 Å². The minimum absolute atomic E-state index is 0.0787. The Morgan fingerprint density at radius 1 is 1.26 bits per heavy atom. The highest BCUT2D eigenvalue weighted by Crippen LogP contribution is 2.21. The quantitative estimate of drug-likeness (QED) is 0.345. The van der Waals surface area contributed by atoms with Gasteiger partial charge >= 0.3 is 5.69 Å². The number of thioether (sulfide) groups is 1. The number of rotatable bonds is 8. The first kappa shape index (κ1) is 23.4. The van der Waals surface area contributed by atoms with E-state index in [9.17, 15) is 14.4 Å². The maximum absolute atomic E-state index is 12.8. The number of thiazole rings is 1. The molecule has 13 heteroatoms. The van der Waals surface area contributed by atoms with Crippen molar-refractivity contribution in [2.24, 2.45) is 0 Å². The van der Waals surface area contributed by atoms with Gasteiger partial charge in [-0.05, 0) is 12.5 Å². The highest BCUT2D eigenvalue weighted by molar-refractivity contribution is 7.99. The number of aromatic nitrogens is 5. The topological polar surface area (TPSA) is 153 Å². The monoisotopic (exact) mass is 499 g/mol. The van der Waals surface area contributed by atoms with E-state index >= 15 is 0 Å². The third-order valence-electron chi connectivity index (χ3n) is 4.87. The number of benzene rings is 1. The normalized spacial score (nSPS) is 11.0. The van der Waals surface area contributed by atoms with Gasteiger partial charge in [-0.1, -0.05) is 42.1 Å². The van der Waals surface area contributed by atoms with E-state index in [0.717, 1.165) is 32.9 Å². The summed E-state index contributed by atoms with van der Waals surface area (Å²) < 4.78 is 6.79. The second kappa shape index (κ2) is 10.1. The number of hydrogen-bond donors (Lipinski definition) is 2. The van der Waals surface area contributed by atoms with Crippen LogP contribution in [0.3, 0.4) is 0 Å². The lowest BCUT2D eigenvalue weighted by molar-refractivity contribution is -0.115. The van der Waals surface area contributed by atoms with Crippen LogP contribution >= 0.6 is 23.1 Å². The molecule has 0 saturated heterocycles. The number of H-pyrrole nitrogens is 1. The van der Waals surface area contributed by atoms with Crippen molar-refractivity contribution in [3.8, 4) is 0 Å². The van der Waals surface area contributed by atoms with Crippen molar-refractivity contribution in [3.05, 3.63) is 78.7 Å². The fourth-order valence-corrected chi connectivity index (χ4v) is 4.49. The van der Waals surface area contributed by atoms with Gasteiger partial charge in [0.15, 0.2) is 5.69 Å². The lowest BCUT2D eigenvalue weighted by Gasteiger charge is -2.20. The molecule has 0 spiro atoms. The molecule has 4 rings (SSSR count). The summed E-state index contributed by atoms with van der Waals surface area (Å²) in [6.07, 6.45) is 0.403. The average Bonchev–Trinajstić information content (AvgIpc) is 3.44. The number of carbonyl (C=O) groups is 1. The molecule has 0 atom stereocenters. The summed E-state index contributed by atoms with van der Waals surface area (Å²) in [7, 11) is 1.42. The Bertz CT molecular complexity index is 1420. The maximum Gasteiger partial charge on any atom is 0.330 e. The smallest absolute Gasteiger partial charge is 0.330 e. The summed E-state index contributed by atoms with van der Waals surface area (Å²) in [6.45, 7) is 2.06. The van der Waals surface area contributed by atoms with Crippen LogP contribution in [0.1, 0.15) is 22.2 Å². The van der Waals surface area contributed by atoms with Crippen LogP contribution in [0, 0.1) is 6.92 Å². The molecule has 0 aliphatic carbocycles. The van der Waals surface area contributed by atoms with Crippen LogP contribution in [0.5, 0.6) is 0 Å². The van der Waals surface area contributed by atoms with E-state index in [-0.39, 0.29) is 29.0 Å². The number of nitrogen functional groups attached to an aromatic ring is 1. The molecule has 34 heavy (non-hydrogen) atoms. The van der Waals surface area contributed by atoms with Crippen molar-refractivity contribution in [1.82, 2.24) is 24.7 Å². The Morgan fingerprint density at radius 3 is 2.74 bits per heavy atom. The number of anilines is 2. The molecule has 3 aromatic heterocycles. The van der Waals surface area contributed by atoms with Gasteiger partial charge in [-0.25, -0.2) is 9.78 Å². The predicted molar refractivity (Wildman–Crippen MR) is 129 cm³/mol. The lowest BCUT2D eigenvalue weighted by atomic mass is 10.2. The van der Waals surface area contributed by atoms with Crippen molar-refractivity contribution in [2.75, 3.05) is 23.4 Å². The zero-order chi connectivity index (χ0) is 24.2. The zero-order valence-electron chi connectivity index (χ0n) is 18.3. The Hall–Kier alpha value is -3.71. The van der Waals surface area contributed by atoms with E-state index in [2.05, 4.69) is 20.2 Å². The van der Waals surface area contributed by atoms with Crippen molar-refractivity contribution in [1.29, 1.82) is 0 Å². The Labute approximate surface area is 201 Å². The minimum Gasteiger partial charge on any atom is -0.416 e. The number of aryl methyl sites for hydroxylation is 1. The van der Waals surface area contributed by atoms with Crippen LogP contribution in [0.4, 0.5) is 11.5 Å². The summed E-state index contributed by atoms with van der Waals surface area (Å²) in [6, 6.07) is 9.17. The molecule has 1 amide bonds. The molecule has 4 aromatic rings. The first-order chi connectivity index (χ1) is 16.3. The Kier molecular flexibility index (Phi) is 6.93. The predicted octanol–water partition coefficient (Wildman–Crippen LogP) is 1.66. The van der Waals surface area contributed by atoms with Crippen LogP contribution in [0.25, 0.3) is 0 Å².